The average molecular weight is 260 g/mol. The summed E-state index contributed by atoms with van der Waals surface area (Å²) in [6, 6.07) is 13.4. The van der Waals surface area contributed by atoms with Crippen LogP contribution in [0.15, 0.2) is 48.5 Å². The molecule has 3 nitrogen and oxygen atoms in total. The summed E-state index contributed by atoms with van der Waals surface area (Å²) in [6.07, 6.45) is -1.01. The SMILES string of the molecule is C[C@H](Oc1ccc(-c2ccccc2)c(F)c1)C(=O)O. The predicted molar refractivity (Wildman–Crippen MR) is 69.6 cm³/mol. The molecule has 0 heterocycles. The van der Waals surface area contributed by atoms with Gasteiger partial charge in [-0.15, -0.1) is 0 Å². The fraction of sp³-hybridized carbons (Fsp3) is 0.133. The summed E-state index contributed by atoms with van der Waals surface area (Å²) in [6.45, 7) is 1.39. The monoisotopic (exact) mass is 260 g/mol. The maximum absolute atomic E-state index is 14.0. The molecule has 0 aromatic heterocycles. The van der Waals surface area contributed by atoms with E-state index in [1.807, 2.05) is 18.2 Å². The van der Waals surface area contributed by atoms with Gasteiger partial charge in [-0.05, 0) is 24.6 Å². The lowest BCUT2D eigenvalue weighted by Crippen LogP contribution is -2.22. The van der Waals surface area contributed by atoms with E-state index in [9.17, 15) is 9.18 Å². The van der Waals surface area contributed by atoms with Crippen molar-refractivity contribution in [2.75, 3.05) is 0 Å². The molecule has 0 aliphatic rings. The molecule has 0 saturated carbocycles. The molecule has 4 heteroatoms. The van der Waals surface area contributed by atoms with Gasteiger partial charge in [-0.3, -0.25) is 0 Å². The fourth-order valence-electron chi connectivity index (χ4n) is 1.68. The van der Waals surface area contributed by atoms with Crippen molar-refractivity contribution < 1.29 is 19.0 Å². The molecule has 98 valence electrons. The van der Waals surface area contributed by atoms with Gasteiger partial charge in [-0.25, -0.2) is 9.18 Å². The molecule has 0 radical (unpaired) electrons. The standard InChI is InChI=1S/C15H13FO3/c1-10(15(17)18)19-12-7-8-13(14(16)9-12)11-5-3-2-4-6-11/h2-10H,1H3,(H,17,18)/t10-/m0/s1. The Balaban J connectivity index is 2.25. The number of aliphatic carboxylic acids is 1. The third-order valence-corrected chi connectivity index (χ3v) is 2.69. The Labute approximate surface area is 110 Å². The third-order valence-electron chi connectivity index (χ3n) is 2.69. The minimum absolute atomic E-state index is 0.201. The number of hydrogen-bond donors (Lipinski definition) is 1. The van der Waals surface area contributed by atoms with E-state index in [1.165, 1.54) is 13.0 Å². The normalized spacial score (nSPS) is 11.9. The third kappa shape index (κ3) is 3.10. The van der Waals surface area contributed by atoms with E-state index < -0.39 is 17.9 Å². The Morgan fingerprint density at radius 2 is 1.89 bits per heavy atom. The van der Waals surface area contributed by atoms with Gasteiger partial charge in [0.05, 0.1) is 0 Å². The van der Waals surface area contributed by atoms with Crippen molar-refractivity contribution in [1.82, 2.24) is 0 Å². The zero-order valence-corrected chi connectivity index (χ0v) is 10.3. The second-order valence-electron chi connectivity index (χ2n) is 4.11. The minimum Gasteiger partial charge on any atom is -0.479 e. The number of carboxylic acids is 1. The Hall–Kier alpha value is -2.36. The maximum atomic E-state index is 14.0. The summed E-state index contributed by atoms with van der Waals surface area (Å²) in [4.78, 5) is 10.7. The van der Waals surface area contributed by atoms with Crippen LogP contribution in [-0.2, 0) is 4.79 Å². The van der Waals surface area contributed by atoms with Crippen LogP contribution >= 0.6 is 0 Å². The first-order valence-electron chi connectivity index (χ1n) is 5.82. The molecule has 0 bridgehead atoms. The lowest BCUT2D eigenvalue weighted by Gasteiger charge is -2.11. The molecule has 2 rings (SSSR count). The summed E-state index contributed by atoms with van der Waals surface area (Å²) >= 11 is 0. The van der Waals surface area contributed by atoms with Crippen LogP contribution in [0.25, 0.3) is 11.1 Å². The number of carbonyl (C=O) groups is 1. The first-order valence-corrected chi connectivity index (χ1v) is 5.82. The highest BCUT2D eigenvalue weighted by molar-refractivity contribution is 5.72. The summed E-state index contributed by atoms with van der Waals surface area (Å²) in [7, 11) is 0. The number of rotatable bonds is 4. The second kappa shape index (κ2) is 5.52. The Morgan fingerprint density at radius 3 is 2.47 bits per heavy atom. The van der Waals surface area contributed by atoms with Crippen LogP contribution in [0.4, 0.5) is 4.39 Å². The number of benzene rings is 2. The van der Waals surface area contributed by atoms with Crippen LogP contribution in [0.1, 0.15) is 6.92 Å². The molecule has 0 aliphatic carbocycles. The van der Waals surface area contributed by atoms with E-state index in [0.29, 0.717) is 5.56 Å². The lowest BCUT2D eigenvalue weighted by atomic mass is 10.1. The van der Waals surface area contributed by atoms with E-state index in [-0.39, 0.29) is 5.75 Å². The summed E-state index contributed by atoms with van der Waals surface area (Å²) in [5.41, 5.74) is 1.22. The van der Waals surface area contributed by atoms with Gasteiger partial charge in [0, 0.05) is 11.6 Å². The molecule has 0 aliphatic heterocycles. The highest BCUT2D eigenvalue weighted by Gasteiger charge is 2.14. The molecule has 0 spiro atoms. The Kier molecular flexibility index (Phi) is 3.80. The fourth-order valence-corrected chi connectivity index (χ4v) is 1.68. The molecule has 1 N–H and O–H groups in total. The van der Waals surface area contributed by atoms with Gasteiger partial charge in [0.15, 0.2) is 6.10 Å². The van der Waals surface area contributed by atoms with E-state index in [2.05, 4.69) is 0 Å². The topological polar surface area (TPSA) is 46.5 Å². The van der Waals surface area contributed by atoms with E-state index in [4.69, 9.17) is 9.84 Å². The molecule has 0 saturated heterocycles. The van der Waals surface area contributed by atoms with Crippen LogP contribution in [0.5, 0.6) is 5.75 Å². The number of hydrogen-bond acceptors (Lipinski definition) is 2. The molecule has 0 amide bonds. The van der Waals surface area contributed by atoms with Gasteiger partial charge in [0.25, 0.3) is 0 Å². The molecule has 0 fully saturated rings. The van der Waals surface area contributed by atoms with Crippen molar-refractivity contribution in [3.63, 3.8) is 0 Å². The predicted octanol–water partition coefficient (Wildman–Crippen LogP) is 3.34. The lowest BCUT2D eigenvalue weighted by molar-refractivity contribution is -0.144. The average Bonchev–Trinajstić information content (AvgIpc) is 2.39. The Bertz CT molecular complexity index is 581. The molecule has 0 unspecified atom stereocenters. The molecule has 2 aromatic rings. The number of ether oxygens (including phenoxy) is 1. The van der Waals surface area contributed by atoms with Crippen molar-refractivity contribution >= 4 is 5.97 Å². The second-order valence-corrected chi connectivity index (χ2v) is 4.11. The molecule has 1 atom stereocenters. The van der Waals surface area contributed by atoms with Crippen molar-refractivity contribution in [3.05, 3.63) is 54.3 Å². The van der Waals surface area contributed by atoms with Crippen molar-refractivity contribution in [2.45, 2.75) is 13.0 Å². The van der Waals surface area contributed by atoms with Gasteiger partial charge < -0.3 is 9.84 Å². The molecule has 19 heavy (non-hydrogen) atoms. The van der Waals surface area contributed by atoms with Gasteiger partial charge in [0.2, 0.25) is 0 Å². The van der Waals surface area contributed by atoms with Crippen LogP contribution in [0, 0.1) is 5.82 Å². The summed E-state index contributed by atoms with van der Waals surface area (Å²) in [5, 5.41) is 8.73. The van der Waals surface area contributed by atoms with Gasteiger partial charge in [-0.2, -0.15) is 0 Å². The van der Waals surface area contributed by atoms with Crippen molar-refractivity contribution in [2.24, 2.45) is 0 Å². The van der Waals surface area contributed by atoms with Gasteiger partial charge >= 0.3 is 5.97 Å². The largest absolute Gasteiger partial charge is 0.479 e. The zero-order chi connectivity index (χ0) is 13.8. The summed E-state index contributed by atoms with van der Waals surface area (Å²) < 4.78 is 19.1. The zero-order valence-electron chi connectivity index (χ0n) is 10.3. The number of carboxylic acid groups (broad SMARTS) is 1. The molecular formula is C15H13FO3. The maximum Gasteiger partial charge on any atom is 0.344 e. The minimum atomic E-state index is -1.09. The Morgan fingerprint density at radius 1 is 1.21 bits per heavy atom. The highest BCUT2D eigenvalue weighted by Crippen LogP contribution is 2.26. The van der Waals surface area contributed by atoms with Gasteiger partial charge in [0.1, 0.15) is 11.6 Å². The van der Waals surface area contributed by atoms with Crippen molar-refractivity contribution in [1.29, 1.82) is 0 Å². The first kappa shape index (κ1) is 13.1. The first-order chi connectivity index (χ1) is 9.08. The van der Waals surface area contributed by atoms with Crippen LogP contribution < -0.4 is 4.74 Å². The van der Waals surface area contributed by atoms with E-state index in [0.717, 1.165) is 5.56 Å². The summed E-state index contributed by atoms with van der Waals surface area (Å²) in [5.74, 6) is -1.33. The quantitative estimate of drug-likeness (QED) is 0.917. The van der Waals surface area contributed by atoms with E-state index in [1.54, 1.807) is 24.3 Å². The number of halogens is 1. The van der Waals surface area contributed by atoms with E-state index >= 15 is 0 Å². The van der Waals surface area contributed by atoms with Crippen LogP contribution in [0.2, 0.25) is 0 Å². The smallest absolute Gasteiger partial charge is 0.344 e. The highest BCUT2D eigenvalue weighted by atomic mass is 19.1. The van der Waals surface area contributed by atoms with Crippen LogP contribution in [0.3, 0.4) is 0 Å². The van der Waals surface area contributed by atoms with Gasteiger partial charge in [-0.1, -0.05) is 30.3 Å². The van der Waals surface area contributed by atoms with Crippen molar-refractivity contribution in [3.8, 4) is 16.9 Å². The van der Waals surface area contributed by atoms with Crippen LogP contribution in [-0.4, -0.2) is 17.2 Å². The molecule has 2 aromatic carbocycles. The molecular weight excluding hydrogens is 247 g/mol.